The molecule has 120 valence electrons. The van der Waals surface area contributed by atoms with Crippen LogP contribution < -0.4 is 10.6 Å². The maximum Gasteiger partial charge on any atom is 0.191 e. The molecule has 2 rings (SSSR count). The molecule has 7 heteroatoms. The van der Waals surface area contributed by atoms with E-state index in [-0.39, 0.29) is 24.0 Å². The molecule has 2 aromatic rings. The fraction of sp³-hybridized carbons (Fsp3) is 0.333. The van der Waals surface area contributed by atoms with Crippen molar-refractivity contribution in [2.24, 2.45) is 12.0 Å². The van der Waals surface area contributed by atoms with Gasteiger partial charge in [0.1, 0.15) is 5.15 Å². The predicted molar refractivity (Wildman–Crippen MR) is 102 cm³/mol. The number of pyridine rings is 1. The second-order valence-electron chi connectivity index (χ2n) is 4.78. The van der Waals surface area contributed by atoms with Crippen LogP contribution in [0.25, 0.3) is 0 Å². The van der Waals surface area contributed by atoms with Crippen molar-refractivity contribution in [3.8, 4) is 0 Å². The summed E-state index contributed by atoms with van der Waals surface area (Å²) in [5, 5.41) is 7.08. The van der Waals surface area contributed by atoms with Gasteiger partial charge in [0.2, 0.25) is 0 Å². The van der Waals surface area contributed by atoms with Crippen molar-refractivity contribution in [3.63, 3.8) is 0 Å². The fourth-order valence-electron chi connectivity index (χ4n) is 1.95. The van der Waals surface area contributed by atoms with Crippen molar-refractivity contribution >= 4 is 41.5 Å². The van der Waals surface area contributed by atoms with Gasteiger partial charge in [-0.15, -0.1) is 24.0 Å². The molecular formula is C15H21ClIN5. The molecular weight excluding hydrogens is 413 g/mol. The van der Waals surface area contributed by atoms with E-state index in [1.54, 1.807) is 19.3 Å². The van der Waals surface area contributed by atoms with Gasteiger partial charge < -0.3 is 15.2 Å². The third-order valence-electron chi connectivity index (χ3n) is 3.07. The van der Waals surface area contributed by atoms with Crippen LogP contribution in [0, 0.1) is 0 Å². The van der Waals surface area contributed by atoms with Gasteiger partial charge in [-0.3, -0.25) is 4.99 Å². The number of nitrogens with zero attached hydrogens (tertiary/aromatic N) is 3. The summed E-state index contributed by atoms with van der Waals surface area (Å²) in [5.41, 5.74) is 2.37. The Morgan fingerprint density at radius 3 is 2.68 bits per heavy atom. The van der Waals surface area contributed by atoms with E-state index < -0.39 is 0 Å². The van der Waals surface area contributed by atoms with Crippen molar-refractivity contribution in [2.45, 2.75) is 13.0 Å². The maximum absolute atomic E-state index is 5.76. The molecule has 2 N–H and O–H groups in total. The van der Waals surface area contributed by atoms with E-state index in [1.165, 1.54) is 5.56 Å². The average Bonchev–Trinajstić information content (AvgIpc) is 2.90. The van der Waals surface area contributed by atoms with Crippen molar-refractivity contribution in [3.05, 3.63) is 53.1 Å². The first-order valence-electron chi connectivity index (χ1n) is 6.83. The lowest BCUT2D eigenvalue weighted by Gasteiger charge is -2.11. The van der Waals surface area contributed by atoms with Crippen molar-refractivity contribution in [1.82, 2.24) is 20.2 Å². The van der Waals surface area contributed by atoms with Gasteiger partial charge in [-0.1, -0.05) is 17.7 Å². The molecule has 0 aromatic carbocycles. The second kappa shape index (κ2) is 9.68. The van der Waals surface area contributed by atoms with Crippen LogP contribution in [0.15, 0.2) is 41.8 Å². The van der Waals surface area contributed by atoms with Crippen LogP contribution in [-0.4, -0.2) is 29.1 Å². The zero-order valence-electron chi connectivity index (χ0n) is 12.7. The third-order valence-corrected chi connectivity index (χ3v) is 3.30. The summed E-state index contributed by atoms with van der Waals surface area (Å²) in [6.45, 7) is 1.54. The van der Waals surface area contributed by atoms with Gasteiger partial charge in [0.05, 0.1) is 0 Å². The Morgan fingerprint density at radius 2 is 2.09 bits per heavy atom. The van der Waals surface area contributed by atoms with Crippen LogP contribution in [0.1, 0.15) is 11.1 Å². The van der Waals surface area contributed by atoms with Gasteiger partial charge in [0, 0.05) is 45.8 Å². The van der Waals surface area contributed by atoms with Crippen LogP contribution in [-0.2, 0) is 20.0 Å². The van der Waals surface area contributed by atoms with Crippen LogP contribution in [0.4, 0.5) is 0 Å². The van der Waals surface area contributed by atoms with Crippen molar-refractivity contribution in [1.29, 1.82) is 0 Å². The zero-order valence-corrected chi connectivity index (χ0v) is 15.8. The summed E-state index contributed by atoms with van der Waals surface area (Å²) >= 11 is 5.76. The first kappa shape index (κ1) is 18.8. The lowest BCUT2D eigenvalue weighted by Crippen LogP contribution is -2.37. The van der Waals surface area contributed by atoms with E-state index in [2.05, 4.69) is 32.9 Å². The van der Waals surface area contributed by atoms with Gasteiger partial charge in [-0.05, 0) is 29.7 Å². The Bertz CT molecular complexity index is 594. The normalized spacial score (nSPS) is 11.0. The molecule has 0 aliphatic heterocycles. The molecule has 5 nitrogen and oxygen atoms in total. The monoisotopic (exact) mass is 433 g/mol. The Kier molecular flexibility index (Phi) is 8.26. The molecule has 0 saturated heterocycles. The Labute approximate surface area is 153 Å². The number of hydrogen-bond donors (Lipinski definition) is 2. The second-order valence-corrected chi connectivity index (χ2v) is 5.16. The molecule has 0 unspecified atom stereocenters. The molecule has 2 aromatic heterocycles. The Balaban J connectivity index is 0.00000242. The largest absolute Gasteiger partial charge is 0.357 e. The fourth-order valence-corrected chi connectivity index (χ4v) is 2.06. The number of nitrogens with one attached hydrogen (secondary N) is 2. The van der Waals surface area contributed by atoms with Gasteiger partial charge in [0.25, 0.3) is 0 Å². The minimum absolute atomic E-state index is 0. The molecule has 0 amide bonds. The molecule has 22 heavy (non-hydrogen) atoms. The van der Waals surface area contributed by atoms with E-state index in [9.17, 15) is 0 Å². The van der Waals surface area contributed by atoms with E-state index in [4.69, 9.17) is 11.6 Å². The number of rotatable bonds is 5. The molecule has 2 heterocycles. The van der Waals surface area contributed by atoms with E-state index in [0.717, 1.165) is 31.0 Å². The quantitative estimate of drug-likeness (QED) is 0.330. The lowest BCUT2D eigenvalue weighted by molar-refractivity contribution is 0.791. The highest BCUT2D eigenvalue weighted by atomic mass is 127. The first-order chi connectivity index (χ1) is 10.2. The topological polar surface area (TPSA) is 54.2 Å². The summed E-state index contributed by atoms with van der Waals surface area (Å²) in [6.07, 6.45) is 6.78. The molecule has 0 aliphatic carbocycles. The smallest absolute Gasteiger partial charge is 0.191 e. The highest BCUT2D eigenvalue weighted by Gasteiger charge is 2.00. The number of guanidine groups is 1. The van der Waals surface area contributed by atoms with E-state index in [0.29, 0.717) is 5.15 Å². The summed E-state index contributed by atoms with van der Waals surface area (Å²) in [5.74, 6) is 0.792. The van der Waals surface area contributed by atoms with Gasteiger partial charge in [-0.25, -0.2) is 4.98 Å². The van der Waals surface area contributed by atoms with Crippen LogP contribution in [0.2, 0.25) is 5.15 Å². The van der Waals surface area contributed by atoms with Gasteiger partial charge in [-0.2, -0.15) is 0 Å². The summed E-state index contributed by atoms with van der Waals surface area (Å²) in [4.78, 5) is 8.27. The minimum Gasteiger partial charge on any atom is -0.357 e. The Hall–Kier alpha value is -1.28. The number of hydrogen-bond acceptors (Lipinski definition) is 2. The molecule has 0 saturated carbocycles. The summed E-state index contributed by atoms with van der Waals surface area (Å²) in [6, 6.07) is 5.87. The highest BCUT2D eigenvalue weighted by molar-refractivity contribution is 14.0. The number of aromatic nitrogens is 2. The number of aryl methyl sites for hydroxylation is 1. The van der Waals surface area contributed by atoms with E-state index in [1.807, 2.05) is 23.9 Å². The Morgan fingerprint density at radius 1 is 1.27 bits per heavy atom. The summed E-state index contributed by atoms with van der Waals surface area (Å²) in [7, 11) is 3.78. The average molecular weight is 434 g/mol. The third kappa shape index (κ3) is 6.23. The standard InChI is InChI=1S/C15H20ClN5.HI/c1-17-15(20-10-13-6-8-21(2)11-13)18-7-5-12-3-4-14(16)19-9-12;/h3-4,6,8-9,11H,5,7,10H2,1-2H3,(H2,17,18,20);1H. The van der Waals surface area contributed by atoms with Crippen molar-refractivity contribution < 1.29 is 0 Å². The first-order valence-corrected chi connectivity index (χ1v) is 7.21. The van der Waals surface area contributed by atoms with Gasteiger partial charge in [0.15, 0.2) is 5.96 Å². The molecule has 0 atom stereocenters. The molecule has 0 fully saturated rings. The SMILES string of the molecule is CN=C(NCCc1ccc(Cl)nc1)NCc1ccn(C)c1.I. The predicted octanol–water partition coefficient (Wildman–Crippen LogP) is 2.60. The van der Waals surface area contributed by atoms with E-state index >= 15 is 0 Å². The maximum atomic E-state index is 5.76. The van der Waals surface area contributed by atoms with Crippen LogP contribution >= 0.6 is 35.6 Å². The molecule has 0 aliphatic rings. The molecule has 0 bridgehead atoms. The van der Waals surface area contributed by atoms with Crippen molar-refractivity contribution in [2.75, 3.05) is 13.6 Å². The minimum atomic E-state index is 0. The number of aliphatic imine (C=N–C) groups is 1. The molecule has 0 radical (unpaired) electrons. The lowest BCUT2D eigenvalue weighted by atomic mass is 10.2. The highest BCUT2D eigenvalue weighted by Crippen LogP contribution is 2.05. The van der Waals surface area contributed by atoms with Crippen LogP contribution in [0.3, 0.4) is 0 Å². The van der Waals surface area contributed by atoms with Gasteiger partial charge >= 0.3 is 0 Å². The number of halogens is 2. The van der Waals surface area contributed by atoms with Crippen LogP contribution in [0.5, 0.6) is 0 Å². The molecule has 0 spiro atoms. The summed E-state index contributed by atoms with van der Waals surface area (Å²) < 4.78 is 2.03. The zero-order chi connectivity index (χ0) is 15.1.